The molecule has 0 saturated carbocycles. The third kappa shape index (κ3) is 5.53. The molecule has 3 aromatic heterocycles. The largest absolute Gasteiger partial charge is 0.348 e. The van der Waals surface area contributed by atoms with Crippen LogP contribution in [0.3, 0.4) is 0 Å². The maximum Gasteiger partial charge on any atom is 0.320 e. The summed E-state index contributed by atoms with van der Waals surface area (Å²) in [5.74, 6) is 0.313. The van der Waals surface area contributed by atoms with Crippen LogP contribution < -0.4 is 16.0 Å². The molecule has 2 aliphatic heterocycles. The standard InChI is InChI=1S/C26H28N8O4S/c1-2-28-26(35)33-23-20-24(31-14-30-23)34(15-32-20)25-22-21(17(36-25)12-27-13-18-29-10-11-39-18)37-19(38-22)9-8-16-6-4-3-5-7-16/h3-11,14-15,17,19,21-22,25,27H,2,12-13H2,1H3,(H2,28,30,31,33,35)/b9-8+/t17-,19+,21-,22-,25-/m1/s1. The van der Waals surface area contributed by atoms with Gasteiger partial charge in [0.1, 0.15) is 29.6 Å². The average molecular weight is 549 g/mol. The Balaban J connectivity index is 1.24. The number of fused-ring (bicyclic) bond motifs is 2. The molecule has 0 aliphatic carbocycles. The highest BCUT2D eigenvalue weighted by Crippen LogP contribution is 2.41. The Bertz CT molecular complexity index is 1430. The molecule has 2 aliphatic rings. The van der Waals surface area contributed by atoms with Gasteiger partial charge in [-0.15, -0.1) is 11.3 Å². The molecule has 2 saturated heterocycles. The summed E-state index contributed by atoms with van der Waals surface area (Å²) in [6.45, 7) is 3.50. The van der Waals surface area contributed by atoms with Crippen LogP contribution in [0.2, 0.25) is 0 Å². The van der Waals surface area contributed by atoms with Crippen molar-refractivity contribution in [2.24, 2.45) is 0 Å². The normalized spacial score (nSPS) is 24.4. The van der Waals surface area contributed by atoms with Crippen molar-refractivity contribution < 1.29 is 19.0 Å². The van der Waals surface area contributed by atoms with Crippen molar-refractivity contribution in [3.05, 3.63) is 71.2 Å². The monoisotopic (exact) mass is 548 g/mol. The molecular formula is C26H28N8O4S. The van der Waals surface area contributed by atoms with Crippen LogP contribution in [0.4, 0.5) is 10.6 Å². The van der Waals surface area contributed by atoms with Gasteiger partial charge in [-0.25, -0.2) is 24.7 Å². The van der Waals surface area contributed by atoms with Crippen molar-refractivity contribution in [1.82, 2.24) is 35.1 Å². The summed E-state index contributed by atoms with van der Waals surface area (Å²) < 4.78 is 21.0. The van der Waals surface area contributed by atoms with Crippen molar-refractivity contribution in [3.63, 3.8) is 0 Å². The van der Waals surface area contributed by atoms with Crippen LogP contribution >= 0.6 is 11.3 Å². The van der Waals surface area contributed by atoms with Gasteiger partial charge in [-0.05, 0) is 18.6 Å². The summed E-state index contributed by atoms with van der Waals surface area (Å²) in [5, 5.41) is 11.8. The number of carbonyl (C=O) groups is 1. The maximum absolute atomic E-state index is 12.1. The first-order valence-corrected chi connectivity index (χ1v) is 13.6. The quantitative estimate of drug-likeness (QED) is 0.288. The fraction of sp³-hybridized carbons (Fsp3) is 0.346. The predicted molar refractivity (Wildman–Crippen MR) is 145 cm³/mol. The number of hydrogen-bond donors (Lipinski definition) is 3. The van der Waals surface area contributed by atoms with Gasteiger partial charge in [0.05, 0.1) is 6.33 Å². The number of nitrogens with zero attached hydrogens (tertiary/aromatic N) is 5. The first-order valence-electron chi connectivity index (χ1n) is 12.7. The first kappa shape index (κ1) is 25.5. The van der Waals surface area contributed by atoms with Crippen LogP contribution in [-0.2, 0) is 20.8 Å². The van der Waals surface area contributed by atoms with Gasteiger partial charge in [0.25, 0.3) is 0 Å². The van der Waals surface area contributed by atoms with E-state index in [-0.39, 0.29) is 18.2 Å². The molecule has 202 valence electrons. The van der Waals surface area contributed by atoms with E-state index >= 15 is 0 Å². The predicted octanol–water partition coefficient (Wildman–Crippen LogP) is 2.93. The molecule has 0 radical (unpaired) electrons. The molecule has 4 aromatic rings. The van der Waals surface area contributed by atoms with Gasteiger partial charge >= 0.3 is 6.03 Å². The second-order valence-corrected chi connectivity index (χ2v) is 9.97. The molecule has 12 nitrogen and oxygen atoms in total. The molecule has 5 atom stereocenters. The summed E-state index contributed by atoms with van der Waals surface area (Å²) in [6, 6.07) is 9.63. The van der Waals surface area contributed by atoms with Gasteiger partial charge in [0.2, 0.25) is 0 Å². The van der Waals surface area contributed by atoms with Gasteiger partial charge in [-0.2, -0.15) is 0 Å². The Morgan fingerprint density at radius 2 is 1.97 bits per heavy atom. The van der Waals surface area contributed by atoms with Crippen LogP contribution in [0.25, 0.3) is 17.2 Å². The van der Waals surface area contributed by atoms with Crippen molar-refractivity contribution in [1.29, 1.82) is 0 Å². The van der Waals surface area contributed by atoms with Gasteiger partial charge in [-0.3, -0.25) is 9.88 Å². The van der Waals surface area contributed by atoms with E-state index in [1.165, 1.54) is 6.33 Å². The second-order valence-electron chi connectivity index (χ2n) is 8.99. The SMILES string of the molecule is CCNC(=O)Nc1ncnc2c1ncn2[C@@H]1O[C@H](CNCc2nccs2)[C@H]2O[C@H](/C=C/c3ccccc3)O[C@H]21. The second kappa shape index (κ2) is 11.6. The van der Waals surface area contributed by atoms with Gasteiger partial charge in [0, 0.05) is 31.2 Å². The highest BCUT2D eigenvalue weighted by molar-refractivity contribution is 7.09. The molecular weight excluding hydrogens is 520 g/mol. The molecule has 2 fully saturated rings. The molecule has 13 heteroatoms. The summed E-state index contributed by atoms with van der Waals surface area (Å²) in [5.41, 5.74) is 2.03. The number of ether oxygens (including phenoxy) is 3. The lowest BCUT2D eigenvalue weighted by molar-refractivity contribution is -0.124. The summed E-state index contributed by atoms with van der Waals surface area (Å²) in [6.07, 6.45) is 6.60. The minimum atomic E-state index is -0.547. The zero-order valence-corrected chi connectivity index (χ0v) is 22.0. The molecule has 0 spiro atoms. The number of hydrogen-bond acceptors (Lipinski definition) is 10. The lowest BCUT2D eigenvalue weighted by Gasteiger charge is -2.20. The minimum absolute atomic E-state index is 0.290. The number of carbonyl (C=O) groups excluding carboxylic acids is 1. The van der Waals surface area contributed by atoms with Gasteiger partial charge in [-0.1, -0.05) is 36.4 Å². The van der Waals surface area contributed by atoms with E-state index in [0.717, 1.165) is 10.6 Å². The van der Waals surface area contributed by atoms with Crippen molar-refractivity contribution in [2.75, 3.05) is 18.4 Å². The Labute approximate surface area is 228 Å². The van der Waals surface area contributed by atoms with Crippen molar-refractivity contribution in [2.45, 2.75) is 44.3 Å². The van der Waals surface area contributed by atoms with Gasteiger partial charge < -0.3 is 24.8 Å². The molecule has 0 bridgehead atoms. The van der Waals surface area contributed by atoms with E-state index in [0.29, 0.717) is 36.6 Å². The van der Waals surface area contributed by atoms with Crippen LogP contribution in [0, 0.1) is 0 Å². The molecule has 2 amide bonds. The van der Waals surface area contributed by atoms with Crippen LogP contribution in [0.1, 0.15) is 23.7 Å². The van der Waals surface area contributed by atoms with E-state index in [9.17, 15) is 4.79 Å². The fourth-order valence-electron chi connectivity index (χ4n) is 4.70. The number of amides is 2. The third-order valence-corrected chi connectivity index (χ3v) is 7.20. The number of rotatable bonds is 9. The summed E-state index contributed by atoms with van der Waals surface area (Å²) >= 11 is 1.60. The highest BCUT2D eigenvalue weighted by atomic mass is 32.1. The van der Waals surface area contributed by atoms with E-state index < -0.39 is 18.6 Å². The number of nitrogens with one attached hydrogen (secondary N) is 3. The smallest absolute Gasteiger partial charge is 0.320 e. The van der Waals surface area contributed by atoms with Crippen molar-refractivity contribution >= 4 is 40.4 Å². The maximum atomic E-state index is 12.1. The lowest BCUT2D eigenvalue weighted by atomic mass is 10.1. The third-order valence-electron chi connectivity index (χ3n) is 6.42. The van der Waals surface area contributed by atoms with Crippen LogP contribution in [0.15, 0.2) is 60.6 Å². The van der Waals surface area contributed by atoms with E-state index in [1.54, 1.807) is 23.9 Å². The number of anilines is 1. The Hall–Kier alpha value is -3.75. The van der Waals surface area contributed by atoms with E-state index in [4.69, 9.17) is 14.2 Å². The lowest BCUT2D eigenvalue weighted by Crippen LogP contribution is -2.36. The summed E-state index contributed by atoms with van der Waals surface area (Å²) in [4.78, 5) is 29.6. The average Bonchev–Trinajstić information content (AvgIpc) is 3.74. The summed E-state index contributed by atoms with van der Waals surface area (Å²) in [7, 11) is 0. The highest BCUT2D eigenvalue weighted by Gasteiger charge is 2.53. The molecule has 1 aromatic carbocycles. The zero-order valence-electron chi connectivity index (χ0n) is 21.1. The molecule has 5 heterocycles. The number of thiazole rings is 1. The molecule has 0 unspecified atom stereocenters. The molecule has 39 heavy (non-hydrogen) atoms. The Morgan fingerprint density at radius 3 is 2.79 bits per heavy atom. The van der Waals surface area contributed by atoms with Crippen LogP contribution in [-0.4, -0.2) is 68.2 Å². The number of urea groups is 1. The van der Waals surface area contributed by atoms with E-state index in [2.05, 4.69) is 35.9 Å². The van der Waals surface area contributed by atoms with E-state index in [1.807, 2.05) is 59.4 Å². The first-order chi connectivity index (χ1) is 19.2. The number of imidazole rings is 1. The molecule has 6 rings (SSSR count). The van der Waals surface area contributed by atoms with Crippen molar-refractivity contribution in [3.8, 4) is 0 Å². The Morgan fingerprint density at radius 1 is 1.10 bits per heavy atom. The molecule has 3 N–H and O–H groups in total. The zero-order chi connectivity index (χ0) is 26.6. The van der Waals surface area contributed by atoms with Crippen LogP contribution in [0.5, 0.6) is 0 Å². The minimum Gasteiger partial charge on any atom is -0.348 e. The Kier molecular flexibility index (Phi) is 7.56. The number of aromatic nitrogens is 5. The van der Waals surface area contributed by atoms with Gasteiger partial charge in [0.15, 0.2) is 29.5 Å². The fourth-order valence-corrected chi connectivity index (χ4v) is 5.28. The number of benzene rings is 1. The topological polar surface area (TPSA) is 137 Å².